The van der Waals surface area contributed by atoms with Crippen molar-refractivity contribution in [2.45, 2.75) is 19.3 Å². The molecule has 0 spiro atoms. The first-order valence-electron chi connectivity index (χ1n) is 4.18. The highest BCUT2D eigenvalue weighted by molar-refractivity contribution is 7.57. The van der Waals surface area contributed by atoms with E-state index in [4.69, 9.17) is 15.8 Å². The summed E-state index contributed by atoms with van der Waals surface area (Å²) >= 11 is 0. The Kier molecular flexibility index (Phi) is 21.2. The highest BCUT2D eigenvalue weighted by Gasteiger charge is 2.06. The first kappa shape index (κ1) is 20.0. The fraction of sp³-hybridized carbons (Fsp3) is 0.667. The van der Waals surface area contributed by atoms with E-state index in [0.29, 0.717) is 19.3 Å². The average Bonchev–Trinajstić information content (AvgIpc) is 2.17. The Morgan fingerprint density at radius 3 is 1.13 bits per heavy atom. The normalized spacial score (nSPS) is 7.60. The number of rotatable bonds is 6. The lowest BCUT2D eigenvalue weighted by atomic mass is 10.5. The fourth-order valence-corrected chi connectivity index (χ4v) is 2.88. The third kappa shape index (κ3) is 13.5. The number of hydrogen-bond acceptors (Lipinski definition) is 3. The Hall–Kier alpha value is -0.520. The van der Waals surface area contributed by atoms with Gasteiger partial charge in [0.15, 0.2) is 0 Å². The second-order valence-electron chi connectivity index (χ2n) is 2.57. The minimum atomic E-state index is -0.246. The molecular weight excluding hydrogens is 252 g/mol. The van der Waals surface area contributed by atoms with Crippen LogP contribution in [0.1, 0.15) is 19.3 Å². The average molecular weight is 266 g/mol. The maximum absolute atomic E-state index is 8.40. The molecular formula is C9H14Cl2N3P. The summed E-state index contributed by atoms with van der Waals surface area (Å²) in [5.74, 6) is 0. The highest BCUT2D eigenvalue weighted by Crippen LogP contribution is 2.37. The lowest BCUT2D eigenvalue weighted by Crippen LogP contribution is -1.94. The Bertz CT molecular complexity index is 209. The monoisotopic (exact) mass is 265 g/mol. The van der Waals surface area contributed by atoms with Crippen LogP contribution < -0.4 is 0 Å². The first-order valence-corrected chi connectivity index (χ1v) is 6.08. The SMILES string of the molecule is Cl.Cl.N#CCCP(CCC#N)CCC#N. The van der Waals surface area contributed by atoms with Crippen molar-refractivity contribution < 1.29 is 0 Å². The van der Waals surface area contributed by atoms with Gasteiger partial charge in [0.25, 0.3) is 0 Å². The van der Waals surface area contributed by atoms with E-state index >= 15 is 0 Å². The molecule has 0 N–H and O–H groups in total. The standard InChI is InChI=1S/C9H12N3P.2ClH/c10-4-1-7-13(8-2-5-11)9-3-6-12;;/h1-3,7-9H2;2*1H. The number of nitrogens with zero attached hydrogens (tertiary/aromatic N) is 3. The molecule has 0 fully saturated rings. The summed E-state index contributed by atoms with van der Waals surface area (Å²) in [5, 5.41) is 25.2. The van der Waals surface area contributed by atoms with E-state index in [9.17, 15) is 0 Å². The number of nitriles is 3. The van der Waals surface area contributed by atoms with Crippen LogP contribution in [0.5, 0.6) is 0 Å². The summed E-state index contributed by atoms with van der Waals surface area (Å²) in [6.07, 6.45) is 4.33. The molecule has 0 heterocycles. The molecule has 0 saturated carbocycles. The lowest BCUT2D eigenvalue weighted by molar-refractivity contribution is 1.14. The van der Waals surface area contributed by atoms with Gasteiger partial charge in [-0.25, -0.2) is 0 Å². The largest absolute Gasteiger partial charge is 0.198 e. The summed E-state index contributed by atoms with van der Waals surface area (Å²) in [5.41, 5.74) is 0. The molecule has 0 bridgehead atoms. The Morgan fingerprint density at radius 2 is 0.933 bits per heavy atom. The van der Waals surface area contributed by atoms with E-state index in [0.717, 1.165) is 18.5 Å². The lowest BCUT2D eigenvalue weighted by Gasteiger charge is -2.11. The van der Waals surface area contributed by atoms with Crippen molar-refractivity contribution in [2.24, 2.45) is 0 Å². The minimum Gasteiger partial charge on any atom is -0.198 e. The summed E-state index contributed by atoms with van der Waals surface area (Å²) in [6.45, 7) is 0. The van der Waals surface area contributed by atoms with E-state index in [1.54, 1.807) is 0 Å². The van der Waals surface area contributed by atoms with Crippen molar-refractivity contribution in [1.82, 2.24) is 0 Å². The van der Waals surface area contributed by atoms with Gasteiger partial charge in [-0.15, -0.1) is 32.7 Å². The molecule has 0 radical (unpaired) electrons. The summed E-state index contributed by atoms with van der Waals surface area (Å²) in [6, 6.07) is 6.30. The minimum absolute atomic E-state index is 0. The Labute approximate surface area is 105 Å². The molecule has 0 atom stereocenters. The quantitative estimate of drug-likeness (QED) is 0.693. The van der Waals surface area contributed by atoms with Crippen molar-refractivity contribution in [3.8, 4) is 18.2 Å². The zero-order valence-electron chi connectivity index (χ0n) is 8.35. The smallest absolute Gasteiger partial charge is 0.0625 e. The van der Waals surface area contributed by atoms with E-state index in [1.165, 1.54) is 0 Å². The van der Waals surface area contributed by atoms with Crippen molar-refractivity contribution in [3.63, 3.8) is 0 Å². The molecule has 0 aromatic carbocycles. The van der Waals surface area contributed by atoms with Crippen LogP contribution in [0.3, 0.4) is 0 Å². The molecule has 84 valence electrons. The van der Waals surface area contributed by atoms with Gasteiger partial charge in [0, 0.05) is 19.3 Å². The van der Waals surface area contributed by atoms with Crippen LogP contribution in [0.2, 0.25) is 0 Å². The van der Waals surface area contributed by atoms with Gasteiger partial charge in [0.1, 0.15) is 0 Å². The molecule has 3 nitrogen and oxygen atoms in total. The van der Waals surface area contributed by atoms with Crippen molar-refractivity contribution in [2.75, 3.05) is 18.5 Å². The fourth-order valence-electron chi connectivity index (χ4n) is 0.960. The second kappa shape index (κ2) is 15.9. The zero-order valence-corrected chi connectivity index (χ0v) is 10.9. The molecule has 0 rings (SSSR count). The van der Waals surface area contributed by atoms with Crippen LogP contribution in [0.15, 0.2) is 0 Å². The first-order chi connectivity index (χ1) is 6.35. The highest BCUT2D eigenvalue weighted by atomic mass is 35.5. The van der Waals surface area contributed by atoms with Crippen LogP contribution in [-0.2, 0) is 0 Å². The molecule has 0 aromatic heterocycles. The Morgan fingerprint density at radius 1 is 0.667 bits per heavy atom. The van der Waals surface area contributed by atoms with Gasteiger partial charge in [-0.3, -0.25) is 0 Å². The number of halogens is 2. The van der Waals surface area contributed by atoms with Gasteiger partial charge >= 0.3 is 0 Å². The van der Waals surface area contributed by atoms with Gasteiger partial charge in [0.2, 0.25) is 0 Å². The van der Waals surface area contributed by atoms with E-state index < -0.39 is 0 Å². The molecule has 0 saturated heterocycles. The van der Waals surface area contributed by atoms with Crippen LogP contribution in [0.25, 0.3) is 0 Å². The Balaban J connectivity index is -0.000000720. The van der Waals surface area contributed by atoms with Gasteiger partial charge in [-0.05, 0) is 18.5 Å². The van der Waals surface area contributed by atoms with Crippen LogP contribution >= 0.6 is 32.7 Å². The molecule has 0 aliphatic rings. The molecule has 6 heteroatoms. The summed E-state index contributed by atoms with van der Waals surface area (Å²) in [4.78, 5) is 0. The zero-order chi connectivity index (χ0) is 9.94. The van der Waals surface area contributed by atoms with Gasteiger partial charge in [-0.2, -0.15) is 15.8 Å². The van der Waals surface area contributed by atoms with Crippen LogP contribution in [0, 0.1) is 34.0 Å². The molecule has 0 aliphatic carbocycles. The maximum atomic E-state index is 8.40. The molecule has 0 aliphatic heterocycles. The second-order valence-corrected chi connectivity index (χ2v) is 5.25. The number of hydrogen-bond donors (Lipinski definition) is 0. The predicted octanol–water partition coefficient (Wildman–Crippen LogP) is 3.05. The topological polar surface area (TPSA) is 71.4 Å². The third-order valence-corrected chi connectivity index (χ3v) is 4.19. The van der Waals surface area contributed by atoms with E-state index in [-0.39, 0.29) is 32.7 Å². The van der Waals surface area contributed by atoms with E-state index in [2.05, 4.69) is 18.2 Å². The summed E-state index contributed by atoms with van der Waals surface area (Å²) < 4.78 is 0. The van der Waals surface area contributed by atoms with Crippen molar-refractivity contribution >= 4 is 32.7 Å². The molecule has 15 heavy (non-hydrogen) atoms. The van der Waals surface area contributed by atoms with Gasteiger partial charge in [-0.1, -0.05) is 0 Å². The van der Waals surface area contributed by atoms with Crippen molar-refractivity contribution in [3.05, 3.63) is 0 Å². The molecule has 0 aromatic rings. The van der Waals surface area contributed by atoms with E-state index in [1.807, 2.05) is 0 Å². The molecule has 0 unspecified atom stereocenters. The van der Waals surface area contributed by atoms with Gasteiger partial charge < -0.3 is 0 Å². The molecule has 0 amide bonds. The van der Waals surface area contributed by atoms with Crippen molar-refractivity contribution in [1.29, 1.82) is 15.8 Å². The third-order valence-electron chi connectivity index (χ3n) is 1.62. The summed E-state index contributed by atoms with van der Waals surface area (Å²) in [7, 11) is -0.246. The predicted molar refractivity (Wildman–Crippen MR) is 66.7 cm³/mol. The van der Waals surface area contributed by atoms with Gasteiger partial charge in [0.05, 0.1) is 18.2 Å². The van der Waals surface area contributed by atoms with Crippen LogP contribution in [-0.4, -0.2) is 18.5 Å². The van der Waals surface area contributed by atoms with Crippen LogP contribution in [0.4, 0.5) is 0 Å². The maximum Gasteiger partial charge on any atom is 0.0625 e.